The van der Waals surface area contributed by atoms with Crippen molar-refractivity contribution < 1.29 is 18.7 Å². The number of H-pyrrole nitrogens is 1. The molecule has 0 aliphatic rings. The Hall–Kier alpha value is -1.63. The fourth-order valence-electron chi connectivity index (χ4n) is 1.36. The zero-order valence-corrected chi connectivity index (χ0v) is 9.35. The van der Waals surface area contributed by atoms with E-state index in [4.69, 9.17) is 5.11 Å². The van der Waals surface area contributed by atoms with Gasteiger partial charge in [-0.15, -0.1) is 11.8 Å². The van der Waals surface area contributed by atoms with Crippen LogP contribution in [0.2, 0.25) is 0 Å². The topological polar surface area (TPSA) is 66.0 Å². The van der Waals surface area contributed by atoms with Gasteiger partial charge in [0, 0.05) is 12.1 Å². The molecule has 4 nitrogen and oxygen atoms in total. The van der Waals surface area contributed by atoms with E-state index < -0.39 is 17.6 Å². The summed E-state index contributed by atoms with van der Waals surface area (Å²) < 4.78 is 25.8. The first-order chi connectivity index (χ1) is 8.06. The number of aromatic nitrogens is 2. The van der Waals surface area contributed by atoms with Crippen molar-refractivity contribution >= 4 is 28.8 Å². The van der Waals surface area contributed by atoms with Crippen molar-refractivity contribution in [1.82, 2.24) is 9.97 Å². The van der Waals surface area contributed by atoms with E-state index in [1.165, 1.54) is 0 Å². The Bertz CT molecular complexity index is 532. The lowest BCUT2D eigenvalue weighted by atomic mass is 10.3. The quantitative estimate of drug-likeness (QED) is 0.882. The summed E-state index contributed by atoms with van der Waals surface area (Å²) in [4.78, 5) is 17.1. The van der Waals surface area contributed by atoms with Crippen LogP contribution in [0.25, 0.3) is 11.0 Å². The molecule has 1 aromatic carbocycles. The van der Waals surface area contributed by atoms with E-state index in [0.29, 0.717) is 22.6 Å². The molecule has 0 radical (unpaired) electrons. The largest absolute Gasteiger partial charge is 0.481 e. The third-order valence-electron chi connectivity index (χ3n) is 2.04. The highest BCUT2D eigenvalue weighted by Gasteiger charge is 2.09. The van der Waals surface area contributed by atoms with Crippen molar-refractivity contribution in [3.05, 3.63) is 29.6 Å². The van der Waals surface area contributed by atoms with Crippen LogP contribution in [-0.2, 0) is 10.5 Å². The van der Waals surface area contributed by atoms with Gasteiger partial charge in [-0.3, -0.25) is 4.79 Å². The Morgan fingerprint density at radius 3 is 2.82 bits per heavy atom. The minimum absolute atomic E-state index is 0.0419. The van der Waals surface area contributed by atoms with Crippen molar-refractivity contribution in [2.75, 3.05) is 5.75 Å². The Labute approximate surface area is 99.0 Å². The smallest absolute Gasteiger partial charge is 0.313 e. The van der Waals surface area contributed by atoms with Crippen molar-refractivity contribution in [2.45, 2.75) is 5.75 Å². The van der Waals surface area contributed by atoms with E-state index in [-0.39, 0.29) is 5.75 Å². The number of hydrogen-bond donors (Lipinski definition) is 2. The maximum absolute atomic E-state index is 12.9. The molecule has 0 atom stereocenters. The summed E-state index contributed by atoms with van der Waals surface area (Å²) in [5, 5.41) is 8.45. The van der Waals surface area contributed by atoms with Gasteiger partial charge in [0.15, 0.2) is 11.6 Å². The predicted octanol–water partition coefficient (Wildman–Crippen LogP) is 2.16. The molecular weight excluding hydrogens is 250 g/mol. The molecule has 0 aliphatic carbocycles. The van der Waals surface area contributed by atoms with Crippen molar-refractivity contribution in [1.29, 1.82) is 0 Å². The third kappa shape index (κ3) is 2.73. The van der Waals surface area contributed by atoms with Gasteiger partial charge in [0.25, 0.3) is 0 Å². The lowest BCUT2D eigenvalue weighted by Gasteiger charge is -1.93. The van der Waals surface area contributed by atoms with E-state index >= 15 is 0 Å². The highest BCUT2D eigenvalue weighted by atomic mass is 32.2. The van der Waals surface area contributed by atoms with Crippen LogP contribution >= 0.6 is 11.8 Å². The average Bonchev–Trinajstić information content (AvgIpc) is 2.60. The summed E-state index contributed by atoms with van der Waals surface area (Å²) in [5.41, 5.74) is 0.727. The number of hydrogen-bond acceptors (Lipinski definition) is 3. The molecule has 0 saturated heterocycles. The molecule has 0 aliphatic heterocycles. The maximum Gasteiger partial charge on any atom is 0.313 e. The number of fused-ring (bicyclic) bond motifs is 1. The third-order valence-corrected chi connectivity index (χ3v) is 2.97. The van der Waals surface area contributed by atoms with Crippen LogP contribution in [0.4, 0.5) is 8.78 Å². The molecule has 2 N–H and O–H groups in total. The zero-order chi connectivity index (χ0) is 12.4. The predicted molar refractivity (Wildman–Crippen MR) is 59.8 cm³/mol. The number of thioether (sulfide) groups is 1. The molecule has 0 fully saturated rings. The van der Waals surface area contributed by atoms with Gasteiger partial charge in [-0.2, -0.15) is 0 Å². The fraction of sp³-hybridized carbons (Fsp3) is 0.200. The highest BCUT2D eigenvalue weighted by molar-refractivity contribution is 7.99. The Balaban J connectivity index is 2.17. The highest BCUT2D eigenvalue weighted by Crippen LogP contribution is 2.18. The van der Waals surface area contributed by atoms with Crippen molar-refractivity contribution in [3.8, 4) is 0 Å². The molecule has 1 aromatic heterocycles. The van der Waals surface area contributed by atoms with Gasteiger partial charge < -0.3 is 10.1 Å². The van der Waals surface area contributed by atoms with Gasteiger partial charge in [-0.1, -0.05) is 0 Å². The van der Waals surface area contributed by atoms with Gasteiger partial charge >= 0.3 is 5.97 Å². The first kappa shape index (κ1) is 11.8. The molecule has 90 valence electrons. The molecule has 17 heavy (non-hydrogen) atoms. The number of rotatable bonds is 4. The van der Waals surface area contributed by atoms with E-state index in [1.54, 1.807) is 0 Å². The number of aromatic amines is 1. The summed E-state index contributed by atoms with van der Waals surface area (Å²) in [6.07, 6.45) is 0. The molecule has 0 spiro atoms. The molecule has 0 amide bonds. The van der Waals surface area contributed by atoms with Crippen molar-refractivity contribution in [3.63, 3.8) is 0 Å². The summed E-state index contributed by atoms with van der Waals surface area (Å²) in [7, 11) is 0. The number of halogens is 2. The molecule has 1 heterocycles. The number of benzene rings is 1. The summed E-state index contributed by atoms with van der Waals surface area (Å²) in [5.74, 6) is -2.00. The van der Waals surface area contributed by atoms with E-state index in [1.807, 2.05) is 0 Å². The SMILES string of the molecule is O=C(O)CSCc1nc2cc(F)c(F)cc2[nH]1. The number of nitrogens with zero attached hydrogens (tertiary/aromatic N) is 1. The first-order valence-corrected chi connectivity index (χ1v) is 5.85. The number of nitrogens with one attached hydrogen (secondary N) is 1. The second kappa shape index (κ2) is 4.70. The molecule has 2 rings (SSSR count). The first-order valence-electron chi connectivity index (χ1n) is 4.69. The van der Waals surface area contributed by atoms with Crippen LogP contribution < -0.4 is 0 Å². The van der Waals surface area contributed by atoms with Crippen LogP contribution in [0.15, 0.2) is 12.1 Å². The minimum atomic E-state index is -0.950. The summed E-state index contributed by atoms with van der Waals surface area (Å²) in [6.45, 7) is 0. The molecular formula is C10H8F2N2O2S. The maximum atomic E-state index is 12.9. The average molecular weight is 258 g/mol. The number of imidazole rings is 1. The number of carboxylic acids is 1. The van der Waals surface area contributed by atoms with Gasteiger partial charge in [0.05, 0.1) is 22.5 Å². The van der Waals surface area contributed by atoms with Gasteiger partial charge in [0.2, 0.25) is 0 Å². The Morgan fingerprint density at radius 1 is 1.41 bits per heavy atom. The lowest BCUT2D eigenvalue weighted by Crippen LogP contribution is -1.98. The van der Waals surface area contributed by atoms with E-state index in [9.17, 15) is 13.6 Å². The van der Waals surface area contributed by atoms with E-state index in [0.717, 1.165) is 23.9 Å². The van der Waals surface area contributed by atoms with Crippen LogP contribution in [0, 0.1) is 11.6 Å². The number of aliphatic carboxylic acids is 1. The van der Waals surface area contributed by atoms with Crippen LogP contribution in [0.3, 0.4) is 0 Å². The Kier molecular flexibility index (Phi) is 3.28. The lowest BCUT2D eigenvalue weighted by molar-refractivity contribution is -0.133. The molecule has 0 unspecified atom stereocenters. The summed E-state index contributed by atoms with van der Waals surface area (Å²) in [6, 6.07) is 2.04. The van der Waals surface area contributed by atoms with Gasteiger partial charge in [-0.25, -0.2) is 13.8 Å². The second-order valence-electron chi connectivity index (χ2n) is 3.35. The fourth-order valence-corrected chi connectivity index (χ4v) is 1.97. The van der Waals surface area contributed by atoms with Crippen LogP contribution in [0.5, 0.6) is 0 Å². The minimum Gasteiger partial charge on any atom is -0.481 e. The monoisotopic (exact) mass is 258 g/mol. The Morgan fingerprint density at radius 2 is 2.12 bits per heavy atom. The number of carboxylic acid groups (broad SMARTS) is 1. The van der Waals surface area contributed by atoms with Gasteiger partial charge in [0.1, 0.15) is 5.82 Å². The van der Waals surface area contributed by atoms with Crippen molar-refractivity contribution in [2.24, 2.45) is 0 Å². The standard InChI is InChI=1S/C10H8F2N2O2S/c11-5-1-7-8(2-6(5)12)14-9(13-7)3-17-4-10(15)16/h1-2H,3-4H2,(H,13,14)(H,15,16). The molecule has 7 heteroatoms. The summed E-state index contributed by atoms with van der Waals surface area (Å²) >= 11 is 1.16. The molecule has 2 aromatic rings. The molecule has 0 saturated carbocycles. The second-order valence-corrected chi connectivity index (χ2v) is 4.34. The number of carbonyl (C=O) groups is 1. The van der Waals surface area contributed by atoms with Crippen LogP contribution in [-0.4, -0.2) is 26.8 Å². The molecule has 0 bridgehead atoms. The zero-order valence-electron chi connectivity index (χ0n) is 8.54. The normalized spacial score (nSPS) is 10.9. The van der Waals surface area contributed by atoms with Gasteiger partial charge in [-0.05, 0) is 0 Å². The van der Waals surface area contributed by atoms with E-state index in [2.05, 4.69) is 9.97 Å². The van der Waals surface area contributed by atoms with Crippen LogP contribution in [0.1, 0.15) is 5.82 Å².